The molecule has 2 aromatic rings. The fourth-order valence-corrected chi connectivity index (χ4v) is 2.47. The number of aromatic nitrogens is 2. The minimum absolute atomic E-state index is 0.582. The van der Waals surface area contributed by atoms with Crippen molar-refractivity contribution in [2.75, 3.05) is 12.4 Å². The first-order valence-corrected chi connectivity index (χ1v) is 7.54. The van der Waals surface area contributed by atoms with Crippen LogP contribution in [0.4, 0.5) is 5.82 Å². The van der Waals surface area contributed by atoms with Crippen molar-refractivity contribution in [2.24, 2.45) is 5.92 Å². The number of hydrogen-bond donors (Lipinski definition) is 1. The second kappa shape index (κ2) is 6.25. The highest BCUT2D eigenvalue weighted by molar-refractivity contribution is 5.64. The van der Waals surface area contributed by atoms with Crippen LogP contribution in [-0.2, 0) is 6.42 Å². The maximum atomic E-state index is 4.77. The van der Waals surface area contributed by atoms with Crippen molar-refractivity contribution in [3.05, 3.63) is 40.6 Å². The molecule has 0 radical (unpaired) electrons. The van der Waals surface area contributed by atoms with Gasteiger partial charge >= 0.3 is 0 Å². The second-order valence-corrected chi connectivity index (χ2v) is 6.17. The van der Waals surface area contributed by atoms with Gasteiger partial charge in [0, 0.05) is 24.4 Å². The Morgan fingerprint density at radius 2 is 1.62 bits per heavy atom. The van der Waals surface area contributed by atoms with Gasteiger partial charge in [0.15, 0.2) is 5.82 Å². The summed E-state index contributed by atoms with van der Waals surface area (Å²) in [5.74, 6) is 2.28. The van der Waals surface area contributed by atoms with Crippen LogP contribution in [0.25, 0.3) is 11.4 Å². The molecule has 0 saturated heterocycles. The van der Waals surface area contributed by atoms with E-state index in [4.69, 9.17) is 4.98 Å². The van der Waals surface area contributed by atoms with Gasteiger partial charge in [-0.3, -0.25) is 0 Å². The molecule has 0 bridgehead atoms. The Morgan fingerprint density at radius 1 is 0.952 bits per heavy atom. The van der Waals surface area contributed by atoms with Gasteiger partial charge in [-0.15, -0.1) is 0 Å². The number of nitrogens with zero attached hydrogens (tertiary/aromatic N) is 2. The molecule has 0 aliphatic heterocycles. The molecular formula is C18H25N3. The van der Waals surface area contributed by atoms with Crippen LogP contribution in [0.2, 0.25) is 0 Å². The molecule has 1 N–H and O–H groups in total. The molecule has 0 spiro atoms. The topological polar surface area (TPSA) is 37.8 Å². The van der Waals surface area contributed by atoms with Crippen molar-refractivity contribution in [2.45, 2.75) is 41.0 Å². The van der Waals surface area contributed by atoms with Crippen molar-refractivity contribution >= 4 is 5.82 Å². The highest BCUT2D eigenvalue weighted by atomic mass is 15.0. The fourth-order valence-electron chi connectivity index (χ4n) is 2.47. The van der Waals surface area contributed by atoms with Gasteiger partial charge < -0.3 is 5.32 Å². The van der Waals surface area contributed by atoms with Crippen molar-refractivity contribution in [3.63, 3.8) is 0 Å². The third-order valence-electron chi connectivity index (χ3n) is 3.73. The van der Waals surface area contributed by atoms with E-state index in [-0.39, 0.29) is 0 Å². The lowest BCUT2D eigenvalue weighted by Gasteiger charge is -2.12. The highest BCUT2D eigenvalue weighted by Gasteiger charge is 2.11. The normalized spacial score (nSPS) is 11.0. The molecular weight excluding hydrogens is 258 g/mol. The number of benzene rings is 1. The molecule has 0 amide bonds. The molecule has 0 atom stereocenters. The van der Waals surface area contributed by atoms with Crippen LogP contribution >= 0.6 is 0 Å². The van der Waals surface area contributed by atoms with E-state index in [0.29, 0.717) is 5.92 Å². The van der Waals surface area contributed by atoms with Crippen molar-refractivity contribution in [1.82, 2.24) is 9.97 Å². The molecule has 0 saturated carbocycles. The molecule has 0 aliphatic rings. The molecule has 112 valence electrons. The minimum Gasteiger partial charge on any atom is -0.373 e. The third-order valence-corrected chi connectivity index (χ3v) is 3.73. The summed E-state index contributed by atoms with van der Waals surface area (Å²) in [6, 6.07) is 6.45. The van der Waals surface area contributed by atoms with Crippen LogP contribution in [0, 0.1) is 26.7 Å². The van der Waals surface area contributed by atoms with Crippen molar-refractivity contribution < 1.29 is 0 Å². The van der Waals surface area contributed by atoms with Crippen molar-refractivity contribution in [1.29, 1.82) is 0 Å². The summed E-state index contributed by atoms with van der Waals surface area (Å²) in [5.41, 5.74) is 6.03. The number of hydrogen-bond acceptors (Lipinski definition) is 3. The molecule has 3 nitrogen and oxygen atoms in total. The SMILES string of the molecule is CNc1cc(CC(C)C)nc(-c2cc(C)c(C)cc2C)n1. The molecule has 1 heterocycles. The van der Waals surface area contributed by atoms with Crippen molar-refractivity contribution in [3.8, 4) is 11.4 Å². The zero-order valence-corrected chi connectivity index (χ0v) is 13.9. The van der Waals surface area contributed by atoms with Crippen LogP contribution in [0.1, 0.15) is 36.2 Å². The molecule has 21 heavy (non-hydrogen) atoms. The molecule has 1 aromatic carbocycles. The van der Waals surface area contributed by atoms with Gasteiger partial charge in [0.05, 0.1) is 0 Å². The summed E-state index contributed by atoms with van der Waals surface area (Å²) in [4.78, 5) is 9.41. The lowest BCUT2D eigenvalue weighted by Crippen LogP contribution is -2.04. The average molecular weight is 283 g/mol. The van der Waals surface area contributed by atoms with E-state index >= 15 is 0 Å². The maximum Gasteiger partial charge on any atom is 0.162 e. The highest BCUT2D eigenvalue weighted by Crippen LogP contribution is 2.25. The average Bonchev–Trinajstić information content (AvgIpc) is 2.41. The van der Waals surface area contributed by atoms with Crippen LogP contribution < -0.4 is 5.32 Å². The van der Waals surface area contributed by atoms with Crippen LogP contribution in [-0.4, -0.2) is 17.0 Å². The predicted octanol–water partition coefficient (Wildman–Crippen LogP) is 4.31. The van der Waals surface area contributed by atoms with Gasteiger partial charge in [-0.1, -0.05) is 19.9 Å². The smallest absolute Gasteiger partial charge is 0.162 e. The first-order chi connectivity index (χ1) is 9.90. The van der Waals surface area contributed by atoms with Crippen LogP contribution in [0.3, 0.4) is 0 Å². The summed E-state index contributed by atoms with van der Waals surface area (Å²) >= 11 is 0. The zero-order valence-electron chi connectivity index (χ0n) is 13.9. The quantitative estimate of drug-likeness (QED) is 0.908. The second-order valence-electron chi connectivity index (χ2n) is 6.17. The zero-order chi connectivity index (χ0) is 15.6. The van der Waals surface area contributed by atoms with E-state index in [2.05, 4.69) is 57.1 Å². The Bertz CT molecular complexity index is 645. The monoisotopic (exact) mass is 283 g/mol. The fraction of sp³-hybridized carbons (Fsp3) is 0.444. The maximum absolute atomic E-state index is 4.77. The van der Waals surface area contributed by atoms with Gasteiger partial charge in [-0.25, -0.2) is 9.97 Å². The third kappa shape index (κ3) is 3.60. The van der Waals surface area contributed by atoms with E-state index in [0.717, 1.165) is 29.3 Å². The first kappa shape index (κ1) is 15.5. The molecule has 3 heteroatoms. The molecule has 1 aromatic heterocycles. The first-order valence-electron chi connectivity index (χ1n) is 7.54. The van der Waals surface area contributed by atoms with E-state index in [1.807, 2.05) is 13.1 Å². The Labute approximate surface area is 127 Å². The number of aryl methyl sites for hydroxylation is 3. The number of nitrogens with one attached hydrogen (secondary N) is 1. The van der Waals surface area contributed by atoms with Gasteiger partial charge in [0.2, 0.25) is 0 Å². The molecule has 2 rings (SSSR count). The number of anilines is 1. The number of rotatable bonds is 4. The van der Waals surface area contributed by atoms with Gasteiger partial charge in [0.25, 0.3) is 0 Å². The molecule has 0 fully saturated rings. The minimum atomic E-state index is 0.582. The van der Waals surface area contributed by atoms with E-state index in [1.165, 1.54) is 16.7 Å². The Balaban J connectivity index is 2.55. The largest absolute Gasteiger partial charge is 0.373 e. The lowest BCUT2D eigenvalue weighted by atomic mass is 10.00. The Hall–Kier alpha value is -1.90. The predicted molar refractivity (Wildman–Crippen MR) is 89.8 cm³/mol. The van der Waals surface area contributed by atoms with Gasteiger partial charge in [-0.05, 0) is 55.9 Å². The molecule has 0 aliphatic carbocycles. The van der Waals surface area contributed by atoms with E-state index in [1.54, 1.807) is 0 Å². The summed E-state index contributed by atoms with van der Waals surface area (Å²) in [6.07, 6.45) is 0.966. The van der Waals surface area contributed by atoms with Crippen LogP contribution in [0.5, 0.6) is 0 Å². The Morgan fingerprint density at radius 3 is 2.24 bits per heavy atom. The summed E-state index contributed by atoms with van der Waals surface area (Å²) in [7, 11) is 1.90. The van der Waals surface area contributed by atoms with Gasteiger partial charge in [-0.2, -0.15) is 0 Å². The van der Waals surface area contributed by atoms with Crippen LogP contribution in [0.15, 0.2) is 18.2 Å². The summed E-state index contributed by atoms with van der Waals surface area (Å²) < 4.78 is 0. The molecule has 0 unspecified atom stereocenters. The Kier molecular flexibility index (Phi) is 4.61. The van der Waals surface area contributed by atoms with E-state index in [9.17, 15) is 0 Å². The van der Waals surface area contributed by atoms with E-state index < -0.39 is 0 Å². The van der Waals surface area contributed by atoms with Gasteiger partial charge in [0.1, 0.15) is 5.82 Å². The summed E-state index contributed by atoms with van der Waals surface area (Å²) in [5, 5.41) is 3.15. The summed E-state index contributed by atoms with van der Waals surface area (Å²) in [6.45, 7) is 10.8. The standard InChI is InChI=1S/C18H25N3/c1-11(2)7-15-10-17(19-6)21-18(20-15)16-9-13(4)12(3)8-14(16)5/h8-11H,7H2,1-6H3,(H,19,20,21). The lowest BCUT2D eigenvalue weighted by molar-refractivity contribution is 0.635.